The van der Waals surface area contributed by atoms with E-state index in [1.54, 1.807) is 12.4 Å². The van der Waals surface area contributed by atoms with E-state index in [1.165, 1.54) is 5.56 Å². The number of rotatable bonds is 7. The molecular weight excluding hydrogens is 390 g/mol. The second-order valence-corrected chi connectivity index (χ2v) is 9.04. The molecule has 2 fully saturated rings. The molecule has 2 aromatic heterocycles. The fraction of sp³-hybridized carbons (Fsp3) is 0.542. The molecule has 1 unspecified atom stereocenters. The molecule has 1 amide bonds. The van der Waals surface area contributed by atoms with Crippen molar-refractivity contribution < 1.29 is 9.53 Å². The maximum atomic E-state index is 13.4. The van der Waals surface area contributed by atoms with Crippen molar-refractivity contribution in [1.29, 1.82) is 0 Å². The zero-order valence-corrected chi connectivity index (χ0v) is 18.6. The van der Waals surface area contributed by atoms with E-state index in [9.17, 15) is 4.79 Å². The Morgan fingerprint density at radius 2 is 1.97 bits per heavy atom. The first kappa shape index (κ1) is 21.7. The van der Waals surface area contributed by atoms with E-state index in [4.69, 9.17) is 4.74 Å². The molecule has 2 aliphatic rings. The Labute approximate surface area is 185 Å². The second-order valence-electron chi connectivity index (χ2n) is 9.04. The van der Waals surface area contributed by atoms with Gasteiger partial charge in [0.05, 0.1) is 18.7 Å². The summed E-state index contributed by atoms with van der Waals surface area (Å²) in [4.78, 5) is 28.4. The van der Waals surface area contributed by atoms with Crippen LogP contribution in [0.3, 0.4) is 0 Å². The molecule has 0 aromatic carbocycles. The molecule has 4 rings (SSSR count). The van der Waals surface area contributed by atoms with E-state index in [0.29, 0.717) is 24.5 Å². The highest BCUT2D eigenvalue weighted by Crippen LogP contribution is 2.27. The quantitative estimate of drug-likeness (QED) is 0.680. The van der Waals surface area contributed by atoms with Crippen molar-refractivity contribution in [3.05, 3.63) is 54.6 Å². The minimum Gasteiger partial charge on any atom is -0.492 e. The van der Waals surface area contributed by atoms with Gasteiger partial charge in [0.15, 0.2) is 0 Å². The summed E-state index contributed by atoms with van der Waals surface area (Å²) in [5.74, 6) is 1.40. The molecule has 0 N–H and O–H groups in total. The predicted molar refractivity (Wildman–Crippen MR) is 120 cm³/mol. The molecule has 7 heteroatoms. The Hall–Kier alpha value is -2.51. The summed E-state index contributed by atoms with van der Waals surface area (Å²) in [7, 11) is 4.20. The summed E-state index contributed by atoms with van der Waals surface area (Å²) in [5, 5.41) is 0. The number of likely N-dealkylation sites (N-methyl/N-ethyl adjacent to an activating group) is 1. The first-order chi connectivity index (χ1) is 15.1. The van der Waals surface area contributed by atoms with E-state index in [2.05, 4.69) is 50.9 Å². The topological polar surface area (TPSA) is 61.8 Å². The number of likely N-dealkylation sites (tertiary alicyclic amines) is 2. The highest BCUT2D eigenvalue weighted by molar-refractivity contribution is 5.79. The molecule has 166 valence electrons. The van der Waals surface area contributed by atoms with Gasteiger partial charge in [0, 0.05) is 63.3 Å². The summed E-state index contributed by atoms with van der Waals surface area (Å²) >= 11 is 0. The third kappa shape index (κ3) is 5.80. The van der Waals surface area contributed by atoms with Crippen LogP contribution in [0.4, 0.5) is 0 Å². The molecule has 31 heavy (non-hydrogen) atoms. The van der Waals surface area contributed by atoms with Crippen LogP contribution in [0, 0.1) is 11.8 Å². The van der Waals surface area contributed by atoms with Crippen LogP contribution in [0.5, 0.6) is 5.75 Å². The third-order valence-electron chi connectivity index (χ3n) is 6.44. The first-order valence-corrected chi connectivity index (χ1v) is 11.2. The van der Waals surface area contributed by atoms with Gasteiger partial charge in [-0.3, -0.25) is 19.7 Å². The summed E-state index contributed by atoms with van der Waals surface area (Å²) < 4.78 is 6.02. The van der Waals surface area contributed by atoms with Crippen LogP contribution in [0.25, 0.3) is 0 Å². The highest BCUT2D eigenvalue weighted by Gasteiger charge is 2.37. The lowest BCUT2D eigenvalue weighted by atomic mass is 9.88. The van der Waals surface area contributed by atoms with Gasteiger partial charge in [0.2, 0.25) is 5.91 Å². The summed E-state index contributed by atoms with van der Waals surface area (Å²) in [6, 6.07) is 8.37. The van der Waals surface area contributed by atoms with Crippen molar-refractivity contribution in [1.82, 2.24) is 24.7 Å². The number of aromatic nitrogens is 2. The van der Waals surface area contributed by atoms with Crippen LogP contribution in [-0.2, 0) is 11.3 Å². The van der Waals surface area contributed by atoms with Crippen LogP contribution in [0.2, 0.25) is 0 Å². The Morgan fingerprint density at radius 1 is 1.13 bits per heavy atom. The number of amides is 1. The molecule has 2 aromatic rings. The van der Waals surface area contributed by atoms with Gasteiger partial charge < -0.3 is 14.5 Å². The molecular formula is C24H33N5O2. The normalized spacial score (nSPS) is 24.5. The van der Waals surface area contributed by atoms with Gasteiger partial charge >= 0.3 is 0 Å². The fourth-order valence-electron chi connectivity index (χ4n) is 4.75. The van der Waals surface area contributed by atoms with Crippen molar-refractivity contribution in [2.75, 3.05) is 46.9 Å². The Morgan fingerprint density at radius 3 is 2.68 bits per heavy atom. The number of carbonyl (C=O) groups is 1. The monoisotopic (exact) mass is 423 g/mol. The number of hydrogen-bond donors (Lipinski definition) is 0. The van der Waals surface area contributed by atoms with Crippen LogP contribution in [0.15, 0.2) is 49.1 Å². The first-order valence-electron chi connectivity index (χ1n) is 11.2. The number of hydrogen-bond acceptors (Lipinski definition) is 6. The molecule has 0 radical (unpaired) electrons. The van der Waals surface area contributed by atoms with Gasteiger partial charge in [-0.15, -0.1) is 0 Å². The van der Waals surface area contributed by atoms with Gasteiger partial charge in [0.1, 0.15) is 5.75 Å². The zero-order valence-electron chi connectivity index (χ0n) is 18.6. The van der Waals surface area contributed by atoms with Gasteiger partial charge in [-0.1, -0.05) is 0 Å². The average Bonchev–Trinajstić information content (AvgIpc) is 3.29. The average molecular weight is 424 g/mol. The number of piperidine rings is 1. The third-order valence-corrected chi connectivity index (χ3v) is 6.44. The minimum absolute atomic E-state index is 0.0130. The molecule has 0 saturated carbocycles. The summed E-state index contributed by atoms with van der Waals surface area (Å²) in [6.07, 6.45) is 9.07. The molecule has 4 heterocycles. The van der Waals surface area contributed by atoms with Crippen LogP contribution in [0.1, 0.15) is 18.4 Å². The van der Waals surface area contributed by atoms with E-state index >= 15 is 0 Å². The standard InChI is InChI=1S/C24H33N5O2/c1-27(2)22-7-11-29(17-22)24(30)21-12-20(18-31-23-4-3-8-26-13-23)15-28(16-21)14-19-5-9-25-10-6-19/h3-6,8-10,13,20-22H,7,11-12,14-18H2,1-2H3/t20-,21+,22?/m0/s1. The van der Waals surface area contributed by atoms with Crippen LogP contribution in [-0.4, -0.2) is 83.5 Å². The fourth-order valence-corrected chi connectivity index (χ4v) is 4.75. The van der Waals surface area contributed by atoms with Crippen molar-refractivity contribution in [2.24, 2.45) is 11.8 Å². The smallest absolute Gasteiger partial charge is 0.227 e. The van der Waals surface area contributed by atoms with Crippen molar-refractivity contribution >= 4 is 5.91 Å². The molecule has 0 bridgehead atoms. The Bertz CT molecular complexity index is 832. The van der Waals surface area contributed by atoms with E-state index < -0.39 is 0 Å². The molecule has 7 nitrogen and oxygen atoms in total. The van der Waals surface area contributed by atoms with Crippen molar-refractivity contribution in [3.63, 3.8) is 0 Å². The van der Waals surface area contributed by atoms with Crippen molar-refractivity contribution in [3.8, 4) is 5.75 Å². The summed E-state index contributed by atoms with van der Waals surface area (Å²) in [6.45, 7) is 4.85. The van der Waals surface area contributed by atoms with Gasteiger partial charge in [-0.05, 0) is 56.8 Å². The van der Waals surface area contributed by atoms with E-state index in [1.807, 2.05) is 24.5 Å². The zero-order chi connectivity index (χ0) is 21.6. The SMILES string of the molecule is CN(C)C1CCN(C(=O)[C@@H]2C[C@H](COc3cccnc3)CN(Cc3ccncc3)C2)C1. The lowest BCUT2D eigenvalue weighted by Gasteiger charge is -2.38. The molecule has 0 aliphatic carbocycles. The van der Waals surface area contributed by atoms with E-state index in [-0.39, 0.29) is 5.92 Å². The number of ether oxygens (including phenoxy) is 1. The molecule has 3 atom stereocenters. The van der Waals surface area contributed by atoms with E-state index in [0.717, 1.165) is 51.3 Å². The number of carbonyl (C=O) groups excluding carboxylic acids is 1. The van der Waals surface area contributed by atoms with Gasteiger partial charge in [-0.25, -0.2) is 0 Å². The van der Waals surface area contributed by atoms with Gasteiger partial charge in [-0.2, -0.15) is 0 Å². The Kier molecular flexibility index (Phi) is 7.14. The van der Waals surface area contributed by atoms with Crippen LogP contribution < -0.4 is 4.74 Å². The maximum Gasteiger partial charge on any atom is 0.227 e. The lowest BCUT2D eigenvalue weighted by molar-refractivity contribution is -0.137. The predicted octanol–water partition coefficient (Wildman–Crippen LogP) is 2.16. The highest BCUT2D eigenvalue weighted by atomic mass is 16.5. The number of nitrogens with zero attached hydrogens (tertiary/aromatic N) is 5. The maximum absolute atomic E-state index is 13.4. The molecule has 2 saturated heterocycles. The second kappa shape index (κ2) is 10.2. The lowest BCUT2D eigenvalue weighted by Crippen LogP contribution is -2.48. The molecule has 2 aliphatic heterocycles. The van der Waals surface area contributed by atoms with Crippen molar-refractivity contribution in [2.45, 2.75) is 25.4 Å². The van der Waals surface area contributed by atoms with Gasteiger partial charge in [0.25, 0.3) is 0 Å². The minimum atomic E-state index is 0.0130. The largest absolute Gasteiger partial charge is 0.492 e. The Balaban J connectivity index is 1.42. The molecule has 0 spiro atoms. The number of pyridine rings is 2. The van der Waals surface area contributed by atoms with Crippen LogP contribution >= 0.6 is 0 Å². The summed E-state index contributed by atoms with van der Waals surface area (Å²) in [5.41, 5.74) is 1.23.